The molecule has 0 aliphatic carbocycles. The van der Waals surface area contributed by atoms with Gasteiger partial charge >= 0.3 is 6.01 Å². The van der Waals surface area contributed by atoms with Gasteiger partial charge in [-0.05, 0) is 12.1 Å². The van der Waals surface area contributed by atoms with Gasteiger partial charge in [-0.2, -0.15) is 0 Å². The summed E-state index contributed by atoms with van der Waals surface area (Å²) in [7, 11) is 0. The van der Waals surface area contributed by atoms with E-state index in [1.54, 1.807) is 6.07 Å². The van der Waals surface area contributed by atoms with E-state index in [9.17, 15) is 0 Å². The number of benzene rings is 1. The van der Waals surface area contributed by atoms with Gasteiger partial charge in [0.25, 0.3) is 0 Å². The maximum atomic E-state index is 6.02. The van der Waals surface area contributed by atoms with E-state index in [-0.39, 0.29) is 0 Å². The van der Waals surface area contributed by atoms with Gasteiger partial charge in [-0.1, -0.05) is 42.7 Å². The Kier molecular flexibility index (Phi) is 4.17. The SMILES string of the molecule is CC(C)NCc1nnc(Nc2ccccc2Cl)o1. The minimum atomic E-state index is 0.337. The molecule has 6 heteroatoms. The largest absolute Gasteiger partial charge is 0.406 e. The third-order valence-corrected chi connectivity index (χ3v) is 2.57. The molecular weight excluding hydrogens is 252 g/mol. The molecule has 0 saturated carbocycles. The second-order valence-electron chi connectivity index (χ2n) is 4.14. The highest BCUT2D eigenvalue weighted by atomic mass is 35.5. The fraction of sp³-hybridized carbons (Fsp3) is 0.333. The zero-order chi connectivity index (χ0) is 13.0. The first-order chi connectivity index (χ1) is 8.65. The van der Waals surface area contributed by atoms with Gasteiger partial charge in [0.1, 0.15) is 0 Å². The molecule has 18 heavy (non-hydrogen) atoms. The number of rotatable bonds is 5. The predicted molar refractivity (Wildman–Crippen MR) is 71.0 cm³/mol. The molecule has 0 atom stereocenters. The van der Waals surface area contributed by atoms with Crippen LogP contribution in [-0.4, -0.2) is 16.2 Å². The first-order valence-corrected chi connectivity index (χ1v) is 6.10. The summed E-state index contributed by atoms with van der Waals surface area (Å²) < 4.78 is 5.44. The van der Waals surface area contributed by atoms with Crippen LogP contribution in [0.2, 0.25) is 5.02 Å². The molecule has 2 rings (SSSR count). The van der Waals surface area contributed by atoms with Gasteiger partial charge in [0.05, 0.1) is 17.3 Å². The third-order valence-electron chi connectivity index (χ3n) is 2.24. The zero-order valence-corrected chi connectivity index (χ0v) is 11.0. The number of halogens is 1. The Labute approximate surface area is 111 Å². The standard InChI is InChI=1S/C12H15ClN4O/c1-8(2)14-7-11-16-17-12(18-11)15-10-6-4-3-5-9(10)13/h3-6,8,14H,7H2,1-2H3,(H,15,17). The van der Waals surface area contributed by atoms with E-state index in [0.717, 1.165) is 5.69 Å². The minimum absolute atomic E-state index is 0.337. The van der Waals surface area contributed by atoms with E-state index in [1.807, 2.05) is 18.2 Å². The Bertz CT molecular complexity index is 512. The second-order valence-corrected chi connectivity index (χ2v) is 4.55. The lowest BCUT2D eigenvalue weighted by molar-refractivity contribution is 0.460. The van der Waals surface area contributed by atoms with Crippen LogP contribution < -0.4 is 10.6 Å². The maximum Gasteiger partial charge on any atom is 0.320 e. The molecule has 1 heterocycles. The van der Waals surface area contributed by atoms with Crippen molar-refractivity contribution in [1.82, 2.24) is 15.5 Å². The smallest absolute Gasteiger partial charge is 0.320 e. The first-order valence-electron chi connectivity index (χ1n) is 5.72. The third kappa shape index (κ3) is 3.45. The number of para-hydroxylation sites is 1. The van der Waals surface area contributed by atoms with Crippen molar-refractivity contribution in [3.63, 3.8) is 0 Å². The normalized spacial score (nSPS) is 10.9. The first kappa shape index (κ1) is 12.9. The average molecular weight is 267 g/mol. The van der Waals surface area contributed by atoms with Gasteiger partial charge in [0.15, 0.2) is 0 Å². The van der Waals surface area contributed by atoms with Crippen molar-refractivity contribution in [2.75, 3.05) is 5.32 Å². The molecule has 0 aliphatic heterocycles. The molecule has 0 unspecified atom stereocenters. The lowest BCUT2D eigenvalue weighted by atomic mass is 10.3. The number of anilines is 2. The summed E-state index contributed by atoms with van der Waals surface area (Å²) in [6.07, 6.45) is 0. The van der Waals surface area contributed by atoms with Crippen LogP contribution in [0.1, 0.15) is 19.7 Å². The minimum Gasteiger partial charge on any atom is -0.406 e. The van der Waals surface area contributed by atoms with Gasteiger partial charge in [0, 0.05) is 6.04 Å². The fourth-order valence-corrected chi connectivity index (χ4v) is 1.53. The molecular formula is C12H15ClN4O. The van der Waals surface area contributed by atoms with Gasteiger partial charge in [0.2, 0.25) is 5.89 Å². The van der Waals surface area contributed by atoms with Crippen LogP contribution in [0, 0.1) is 0 Å². The lowest BCUT2D eigenvalue weighted by Crippen LogP contribution is -2.21. The molecule has 0 amide bonds. The van der Waals surface area contributed by atoms with Crippen molar-refractivity contribution in [2.45, 2.75) is 26.4 Å². The van der Waals surface area contributed by atoms with Crippen molar-refractivity contribution >= 4 is 23.3 Å². The zero-order valence-electron chi connectivity index (χ0n) is 10.3. The Morgan fingerprint density at radius 2 is 2.06 bits per heavy atom. The Morgan fingerprint density at radius 1 is 1.28 bits per heavy atom. The van der Waals surface area contributed by atoms with E-state index >= 15 is 0 Å². The number of aromatic nitrogens is 2. The maximum absolute atomic E-state index is 6.02. The monoisotopic (exact) mass is 266 g/mol. The van der Waals surface area contributed by atoms with Gasteiger partial charge in [-0.15, -0.1) is 5.10 Å². The van der Waals surface area contributed by atoms with E-state index in [0.29, 0.717) is 29.5 Å². The summed E-state index contributed by atoms with van der Waals surface area (Å²) in [5.74, 6) is 0.540. The van der Waals surface area contributed by atoms with Crippen LogP contribution in [0.15, 0.2) is 28.7 Å². The summed E-state index contributed by atoms with van der Waals surface area (Å²) in [5.41, 5.74) is 0.742. The number of hydrogen-bond acceptors (Lipinski definition) is 5. The Balaban J connectivity index is 2.00. The van der Waals surface area contributed by atoms with Crippen molar-refractivity contribution < 1.29 is 4.42 Å². The van der Waals surface area contributed by atoms with Crippen LogP contribution in [0.5, 0.6) is 0 Å². The summed E-state index contributed by atoms with van der Waals surface area (Å²) in [4.78, 5) is 0. The molecule has 5 nitrogen and oxygen atoms in total. The molecule has 0 aliphatic rings. The summed E-state index contributed by atoms with van der Waals surface area (Å²) in [5, 5.41) is 14.6. The van der Waals surface area contributed by atoms with Crippen molar-refractivity contribution in [3.8, 4) is 0 Å². The Hall–Kier alpha value is -1.59. The molecule has 0 spiro atoms. The van der Waals surface area contributed by atoms with Crippen molar-refractivity contribution in [3.05, 3.63) is 35.2 Å². The van der Waals surface area contributed by atoms with Crippen molar-refractivity contribution in [1.29, 1.82) is 0 Å². The highest BCUT2D eigenvalue weighted by molar-refractivity contribution is 6.33. The topological polar surface area (TPSA) is 63.0 Å². The molecule has 0 radical (unpaired) electrons. The highest BCUT2D eigenvalue weighted by Gasteiger charge is 2.07. The summed E-state index contributed by atoms with van der Waals surface area (Å²) in [6, 6.07) is 8.09. The molecule has 1 aromatic carbocycles. The molecule has 1 aromatic heterocycles. The van der Waals surface area contributed by atoms with Crippen LogP contribution in [0.3, 0.4) is 0 Å². The van der Waals surface area contributed by atoms with E-state index in [1.165, 1.54) is 0 Å². The fourth-order valence-electron chi connectivity index (χ4n) is 1.34. The van der Waals surface area contributed by atoms with E-state index in [2.05, 4.69) is 34.7 Å². The molecule has 2 N–H and O–H groups in total. The van der Waals surface area contributed by atoms with Crippen LogP contribution >= 0.6 is 11.6 Å². The lowest BCUT2D eigenvalue weighted by Gasteiger charge is -2.04. The summed E-state index contributed by atoms with van der Waals surface area (Å²) >= 11 is 6.02. The van der Waals surface area contributed by atoms with Crippen LogP contribution in [0.4, 0.5) is 11.7 Å². The predicted octanol–water partition coefficient (Wildman–Crippen LogP) is 2.96. The molecule has 0 saturated heterocycles. The highest BCUT2D eigenvalue weighted by Crippen LogP contribution is 2.23. The molecule has 0 fully saturated rings. The number of nitrogens with one attached hydrogen (secondary N) is 2. The molecule has 96 valence electrons. The van der Waals surface area contributed by atoms with Gasteiger partial charge < -0.3 is 15.1 Å². The van der Waals surface area contributed by atoms with E-state index in [4.69, 9.17) is 16.0 Å². The number of nitrogens with zero attached hydrogens (tertiary/aromatic N) is 2. The average Bonchev–Trinajstić information content (AvgIpc) is 2.77. The van der Waals surface area contributed by atoms with Gasteiger partial charge in [-0.25, -0.2) is 0 Å². The molecule has 0 bridgehead atoms. The quantitative estimate of drug-likeness (QED) is 0.871. The second kappa shape index (κ2) is 5.84. The van der Waals surface area contributed by atoms with Gasteiger partial charge in [-0.3, -0.25) is 0 Å². The van der Waals surface area contributed by atoms with Crippen molar-refractivity contribution in [2.24, 2.45) is 0 Å². The van der Waals surface area contributed by atoms with E-state index < -0.39 is 0 Å². The Morgan fingerprint density at radius 3 is 2.78 bits per heavy atom. The number of hydrogen-bond donors (Lipinski definition) is 2. The molecule has 2 aromatic rings. The van der Waals surface area contributed by atoms with Crippen LogP contribution in [0.25, 0.3) is 0 Å². The van der Waals surface area contributed by atoms with Crippen LogP contribution in [-0.2, 0) is 6.54 Å². The summed E-state index contributed by atoms with van der Waals surface area (Å²) in [6.45, 7) is 4.66.